The highest BCUT2D eigenvalue weighted by molar-refractivity contribution is 5.88. The van der Waals surface area contributed by atoms with Crippen LogP contribution in [0.5, 0.6) is 0 Å². The standard InChI is InChI=1S/C12H10N4O4/c1-20-12(17)10(14-15-13)7-4-6-9-5-2-3-8-11(9)16(18)19/h2-8H,1H3/b6-4+,10-7-. The third kappa shape index (κ3) is 3.97. The van der Waals surface area contributed by atoms with Gasteiger partial charge in [0.25, 0.3) is 5.69 Å². The molecule has 0 radical (unpaired) electrons. The number of nitro benzene ring substituents is 1. The van der Waals surface area contributed by atoms with Crippen molar-refractivity contribution in [2.24, 2.45) is 5.11 Å². The van der Waals surface area contributed by atoms with Crippen molar-refractivity contribution < 1.29 is 14.5 Å². The zero-order chi connectivity index (χ0) is 15.0. The molecule has 0 fully saturated rings. The first-order valence-corrected chi connectivity index (χ1v) is 5.35. The van der Waals surface area contributed by atoms with E-state index in [-0.39, 0.29) is 11.4 Å². The Hall–Kier alpha value is -3.12. The van der Waals surface area contributed by atoms with Gasteiger partial charge in [-0.25, -0.2) is 4.79 Å². The minimum atomic E-state index is -0.796. The number of ether oxygens (including phenoxy) is 1. The Labute approximate surface area is 113 Å². The highest BCUT2D eigenvalue weighted by Crippen LogP contribution is 2.19. The van der Waals surface area contributed by atoms with Crippen LogP contribution >= 0.6 is 0 Å². The first-order valence-electron chi connectivity index (χ1n) is 5.35. The van der Waals surface area contributed by atoms with Gasteiger partial charge < -0.3 is 4.74 Å². The number of allylic oxidation sites excluding steroid dienone is 2. The predicted octanol–water partition coefficient (Wildman–Crippen LogP) is 2.98. The molecule has 0 aromatic heterocycles. The van der Waals surface area contributed by atoms with Gasteiger partial charge in [0.1, 0.15) is 5.70 Å². The molecule has 0 aliphatic carbocycles. The molecule has 0 aliphatic heterocycles. The van der Waals surface area contributed by atoms with E-state index in [2.05, 4.69) is 14.8 Å². The highest BCUT2D eigenvalue weighted by Gasteiger charge is 2.09. The summed E-state index contributed by atoms with van der Waals surface area (Å²) in [4.78, 5) is 24.0. The highest BCUT2D eigenvalue weighted by atomic mass is 16.6. The normalized spacial score (nSPS) is 10.9. The summed E-state index contributed by atoms with van der Waals surface area (Å²) in [5.74, 6) is -0.796. The molecule has 0 amide bonds. The number of methoxy groups -OCH3 is 1. The van der Waals surface area contributed by atoms with Crippen molar-refractivity contribution >= 4 is 17.7 Å². The Morgan fingerprint density at radius 3 is 2.80 bits per heavy atom. The van der Waals surface area contributed by atoms with Gasteiger partial charge in [0.2, 0.25) is 0 Å². The van der Waals surface area contributed by atoms with Gasteiger partial charge in [0.15, 0.2) is 0 Å². The van der Waals surface area contributed by atoms with E-state index >= 15 is 0 Å². The topological polar surface area (TPSA) is 118 Å². The zero-order valence-corrected chi connectivity index (χ0v) is 10.5. The van der Waals surface area contributed by atoms with E-state index in [0.717, 1.165) is 7.11 Å². The minimum absolute atomic E-state index is 0.0689. The van der Waals surface area contributed by atoms with Crippen LogP contribution < -0.4 is 0 Å². The number of para-hydroxylation sites is 1. The number of azide groups is 1. The molecule has 0 aliphatic rings. The summed E-state index contributed by atoms with van der Waals surface area (Å²) in [5, 5.41) is 14.0. The summed E-state index contributed by atoms with van der Waals surface area (Å²) in [6.45, 7) is 0. The minimum Gasteiger partial charge on any atom is -0.466 e. The van der Waals surface area contributed by atoms with Crippen molar-refractivity contribution in [2.75, 3.05) is 7.11 Å². The average Bonchev–Trinajstić information content (AvgIpc) is 2.45. The summed E-state index contributed by atoms with van der Waals surface area (Å²) in [6, 6.07) is 6.10. The fourth-order valence-electron chi connectivity index (χ4n) is 1.33. The lowest BCUT2D eigenvalue weighted by Gasteiger charge is -1.97. The van der Waals surface area contributed by atoms with E-state index in [1.54, 1.807) is 18.2 Å². The molecular formula is C12H10N4O4. The zero-order valence-electron chi connectivity index (χ0n) is 10.5. The number of carbonyl (C=O) groups excluding carboxylic acids is 1. The largest absolute Gasteiger partial charge is 0.466 e. The molecule has 0 saturated heterocycles. The Kier molecular flexibility index (Phi) is 5.49. The molecule has 1 aromatic carbocycles. The van der Waals surface area contributed by atoms with Gasteiger partial charge in [-0.2, -0.15) is 0 Å². The lowest BCUT2D eigenvalue weighted by atomic mass is 10.1. The van der Waals surface area contributed by atoms with Crippen LogP contribution in [-0.2, 0) is 9.53 Å². The van der Waals surface area contributed by atoms with Crippen molar-refractivity contribution in [2.45, 2.75) is 0 Å². The van der Waals surface area contributed by atoms with Crippen LogP contribution in [0.15, 0.2) is 47.2 Å². The summed E-state index contributed by atoms with van der Waals surface area (Å²) in [6.07, 6.45) is 4.00. The van der Waals surface area contributed by atoms with Gasteiger partial charge in [0, 0.05) is 11.0 Å². The molecule has 8 nitrogen and oxygen atoms in total. The maximum Gasteiger partial charge on any atom is 0.340 e. The van der Waals surface area contributed by atoms with E-state index in [1.807, 2.05) is 0 Å². The summed E-state index contributed by atoms with van der Waals surface area (Å²) >= 11 is 0. The van der Waals surface area contributed by atoms with Crippen LogP contribution in [0.4, 0.5) is 5.69 Å². The van der Waals surface area contributed by atoms with E-state index in [0.29, 0.717) is 5.56 Å². The van der Waals surface area contributed by atoms with E-state index in [4.69, 9.17) is 5.53 Å². The Morgan fingerprint density at radius 2 is 2.20 bits per heavy atom. The van der Waals surface area contributed by atoms with Gasteiger partial charge in [-0.15, -0.1) is 0 Å². The summed E-state index contributed by atoms with van der Waals surface area (Å²) in [7, 11) is 1.15. The van der Waals surface area contributed by atoms with Crippen molar-refractivity contribution in [3.8, 4) is 0 Å². The van der Waals surface area contributed by atoms with Gasteiger partial charge >= 0.3 is 5.97 Å². The Morgan fingerprint density at radius 1 is 1.50 bits per heavy atom. The predicted molar refractivity (Wildman–Crippen MR) is 71.4 cm³/mol. The molecule has 0 heterocycles. The second-order valence-corrected chi connectivity index (χ2v) is 3.41. The Bertz CT molecular complexity index is 630. The molecule has 0 atom stereocenters. The number of hydrogen-bond donors (Lipinski definition) is 0. The lowest BCUT2D eigenvalue weighted by molar-refractivity contribution is -0.385. The average molecular weight is 274 g/mol. The number of benzene rings is 1. The fourth-order valence-corrected chi connectivity index (χ4v) is 1.33. The molecule has 20 heavy (non-hydrogen) atoms. The smallest absolute Gasteiger partial charge is 0.340 e. The van der Waals surface area contributed by atoms with E-state index < -0.39 is 10.9 Å². The van der Waals surface area contributed by atoms with Crippen LogP contribution in [0.2, 0.25) is 0 Å². The molecule has 1 aromatic rings. The number of rotatable bonds is 5. The maximum atomic E-state index is 11.2. The van der Waals surface area contributed by atoms with Crippen molar-refractivity contribution in [1.82, 2.24) is 0 Å². The van der Waals surface area contributed by atoms with E-state index in [1.165, 1.54) is 24.3 Å². The first kappa shape index (κ1) is 14.9. The van der Waals surface area contributed by atoms with Crippen LogP contribution in [0.25, 0.3) is 16.5 Å². The molecule has 8 heteroatoms. The number of hydrogen-bond acceptors (Lipinski definition) is 5. The number of carbonyl (C=O) groups is 1. The fraction of sp³-hybridized carbons (Fsp3) is 0.0833. The quantitative estimate of drug-likeness (QED) is 0.120. The lowest BCUT2D eigenvalue weighted by Crippen LogP contribution is -2.01. The molecule has 102 valence electrons. The maximum absolute atomic E-state index is 11.2. The number of nitro groups is 1. The monoisotopic (exact) mass is 274 g/mol. The Balaban J connectivity index is 3.06. The second-order valence-electron chi connectivity index (χ2n) is 3.41. The van der Waals surface area contributed by atoms with Gasteiger partial charge in [-0.3, -0.25) is 10.1 Å². The third-order valence-electron chi connectivity index (χ3n) is 2.21. The molecule has 0 saturated carbocycles. The molecule has 0 unspecified atom stereocenters. The SMILES string of the molecule is COC(=O)/C(=C/C=C/c1ccccc1[N+](=O)[O-])N=[N+]=[N-]. The van der Waals surface area contributed by atoms with Crippen LogP contribution in [0.3, 0.4) is 0 Å². The second kappa shape index (κ2) is 7.34. The summed E-state index contributed by atoms with van der Waals surface area (Å²) < 4.78 is 4.42. The number of nitrogens with zero attached hydrogens (tertiary/aromatic N) is 4. The van der Waals surface area contributed by atoms with Crippen LogP contribution in [0, 0.1) is 10.1 Å². The van der Waals surface area contributed by atoms with Crippen molar-refractivity contribution in [3.05, 3.63) is 68.2 Å². The van der Waals surface area contributed by atoms with Gasteiger partial charge in [-0.05, 0) is 23.7 Å². The molecule has 0 bridgehead atoms. The number of esters is 1. The molecule has 0 N–H and O–H groups in total. The third-order valence-corrected chi connectivity index (χ3v) is 2.21. The van der Waals surface area contributed by atoms with Crippen molar-refractivity contribution in [1.29, 1.82) is 0 Å². The molecule has 1 rings (SSSR count). The summed E-state index contributed by atoms with van der Waals surface area (Å²) in [5.41, 5.74) is 8.36. The van der Waals surface area contributed by atoms with Crippen molar-refractivity contribution in [3.63, 3.8) is 0 Å². The first-order chi connectivity index (χ1) is 9.60. The van der Waals surface area contributed by atoms with E-state index in [9.17, 15) is 14.9 Å². The van der Waals surface area contributed by atoms with Gasteiger partial charge in [0.05, 0.1) is 17.6 Å². The van der Waals surface area contributed by atoms with Crippen LogP contribution in [-0.4, -0.2) is 18.0 Å². The van der Waals surface area contributed by atoms with Gasteiger partial charge in [-0.1, -0.05) is 23.3 Å². The molecule has 0 spiro atoms. The molecular weight excluding hydrogens is 264 g/mol. The van der Waals surface area contributed by atoms with Crippen LogP contribution in [0.1, 0.15) is 5.56 Å².